The molecule has 1 fully saturated rings. The van der Waals surface area contributed by atoms with Crippen LogP contribution in [-0.4, -0.2) is 33.8 Å². The molecule has 1 N–H and O–H groups in total. The Kier molecular flexibility index (Phi) is 7.26. The second-order valence-electron chi connectivity index (χ2n) is 10.0. The molecule has 0 radical (unpaired) electrons. The number of aromatic nitrogens is 3. The van der Waals surface area contributed by atoms with Crippen LogP contribution in [0.1, 0.15) is 31.4 Å². The summed E-state index contributed by atoms with van der Waals surface area (Å²) in [5.41, 5.74) is 7.29. The van der Waals surface area contributed by atoms with Crippen LogP contribution in [0, 0.1) is 6.92 Å². The van der Waals surface area contributed by atoms with E-state index in [0.29, 0.717) is 16.1 Å². The lowest BCUT2D eigenvalue weighted by Crippen LogP contribution is -2.25. The molecule has 1 aromatic heterocycles. The van der Waals surface area contributed by atoms with Gasteiger partial charge in [0.05, 0.1) is 67.5 Å². The number of benzene rings is 3. The van der Waals surface area contributed by atoms with Gasteiger partial charge in [-0.25, -0.2) is 4.98 Å². The number of hydrogen-bond acceptors (Lipinski definition) is 5. The van der Waals surface area contributed by atoms with Crippen LogP contribution in [0.25, 0.3) is 28.1 Å². The minimum atomic E-state index is 0.220. The van der Waals surface area contributed by atoms with Gasteiger partial charge in [-0.1, -0.05) is 35.3 Å². The number of methoxy groups -OCH3 is 1. The standard InChI is InChI=1S/C31H29Cl2N5O/c1-19-7-8-21(18-34-19)36-27-16-29-31(17-28(27)35-20-9-12-23(39-2)13-10-20)38(22-11-14-24(32)25(33)15-22)30-6-4-3-5-26(30)37-29/h3-8,11,14-18,20,23,36H,9-10,12-13H2,1-2H3/b35-28+. The first kappa shape index (κ1) is 25.8. The van der Waals surface area contributed by atoms with Crippen molar-refractivity contribution in [1.29, 1.82) is 0 Å². The fourth-order valence-corrected chi connectivity index (χ4v) is 5.55. The molecule has 0 bridgehead atoms. The first-order valence-corrected chi connectivity index (χ1v) is 13.9. The smallest absolute Gasteiger partial charge is 0.0900 e. The van der Waals surface area contributed by atoms with Gasteiger partial charge in [0.1, 0.15) is 0 Å². The lowest BCUT2D eigenvalue weighted by Gasteiger charge is -2.25. The summed E-state index contributed by atoms with van der Waals surface area (Å²) in [5, 5.41) is 5.46. The summed E-state index contributed by atoms with van der Waals surface area (Å²) in [7, 11) is 1.79. The second kappa shape index (κ2) is 11.0. The van der Waals surface area contributed by atoms with Crippen molar-refractivity contribution in [3.63, 3.8) is 0 Å². The summed E-state index contributed by atoms with van der Waals surface area (Å²) in [6.45, 7) is 1.98. The van der Waals surface area contributed by atoms with Gasteiger partial charge in [0.2, 0.25) is 0 Å². The van der Waals surface area contributed by atoms with Gasteiger partial charge in [-0.2, -0.15) is 0 Å². The van der Waals surface area contributed by atoms with Crippen LogP contribution in [0.2, 0.25) is 10.0 Å². The number of halogens is 2. The molecule has 0 atom stereocenters. The molecule has 0 saturated heterocycles. The Morgan fingerprint density at radius 3 is 2.51 bits per heavy atom. The zero-order valence-electron chi connectivity index (χ0n) is 21.9. The van der Waals surface area contributed by atoms with Gasteiger partial charge in [0.25, 0.3) is 0 Å². The summed E-state index contributed by atoms with van der Waals surface area (Å²) in [4.78, 5) is 14.8. The van der Waals surface area contributed by atoms with Crippen molar-refractivity contribution in [2.45, 2.75) is 44.8 Å². The first-order valence-electron chi connectivity index (χ1n) is 13.2. The van der Waals surface area contributed by atoms with Gasteiger partial charge in [-0.15, -0.1) is 0 Å². The van der Waals surface area contributed by atoms with E-state index in [4.69, 9.17) is 37.9 Å². The maximum atomic E-state index is 6.47. The molecule has 2 aromatic carbocycles. The average molecular weight is 559 g/mol. The van der Waals surface area contributed by atoms with Crippen LogP contribution < -0.4 is 10.7 Å². The van der Waals surface area contributed by atoms with E-state index < -0.39 is 0 Å². The van der Waals surface area contributed by atoms with Crippen LogP contribution in [0.4, 0.5) is 11.4 Å². The van der Waals surface area contributed by atoms with Crippen LogP contribution in [0.3, 0.4) is 0 Å². The molecule has 198 valence electrons. The van der Waals surface area contributed by atoms with Gasteiger partial charge in [-0.3, -0.25) is 9.98 Å². The minimum Gasteiger partial charge on any atom is -0.381 e. The number of para-hydroxylation sites is 2. The molecule has 3 aromatic rings. The molecule has 0 amide bonds. The number of nitrogens with one attached hydrogen (secondary N) is 1. The molecule has 8 heteroatoms. The van der Waals surface area contributed by atoms with E-state index in [-0.39, 0.29) is 6.04 Å². The van der Waals surface area contributed by atoms with E-state index in [1.54, 1.807) is 7.11 Å². The zero-order valence-corrected chi connectivity index (χ0v) is 23.4. The predicted octanol–water partition coefficient (Wildman–Crippen LogP) is 7.74. The monoisotopic (exact) mass is 557 g/mol. The Bertz CT molecular complexity index is 1670. The summed E-state index contributed by atoms with van der Waals surface area (Å²) in [6.07, 6.45) is 6.17. The molecule has 1 saturated carbocycles. The number of fused-ring (bicyclic) bond motifs is 2. The molecular weight excluding hydrogens is 529 g/mol. The third kappa shape index (κ3) is 5.37. The average Bonchev–Trinajstić information content (AvgIpc) is 2.95. The van der Waals surface area contributed by atoms with E-state index >= 15 is 0 Å². The SMILES string of the molecule is COC1CCC(/N=c2\cc3n(-c4ccc(Cl)c(Cl)c4)c4ccccc4nc-3cc2Nc2ccc(C)nc2)CC1. The zero-order chi connectivity index (χ0) is 26.9. The third-order valence-corrected chi connectivity index (χ3v) is 8.09. The maximum Gasteiger partial charge on any atom is 0.0900 e. The van der Waals surface area contributed by atoms with Gasteiger partial charge in [0, 0.05) is 18.5 Å². The van der Waals surface area contributed by atoms with Crippen molar-refractivity contribution in [2.75, 3.05) is 12.4 Å². The summed E-state index contributed by atoms with van der Waals surface area (Å²) < 4.78 is 7.77. The van der Waals surface area contributed by atoms with Crippen molar-refractivity contribution in [1.82, 2.24) is 14.5 Å². The molecule has 3 aliphatic rings. The second-order valence-corrected chi connectivity index (χ2v) is 10.8. The predicted molar refractivity (Wildman–Crippen MR) is 159 cm³/mol. The number of hydrogen-bond donors (Lipinski definition) is 1. The van der Waals surface area contributed by atoms with Crippen molar-refractivity contribution in [2.24, 2.45) is 4.99 Å². The highest BCUT2D eigenvalue weighted by molar-refractivity contribution is 6.42. The van der Waals surface area contributed by atoms with E-state index in [2.05, 4.69) is 33.1 Å². The van der Waals surface area contributed by atoms with Crippen molar-refractivity contribution in [3.05, 3.63) is 94.0 Å². The van der Waals surface area contributed by atoms with Crippen molar-refractivity contribution in [3.8, 4) is 17.1 Å². The highest BCUT2D eigenvalue weighted by Crippen LogP contribution is 2.33. The fraction of sp³-hybridized carbons (Fsp3) is 0.258. The molecule has 6 rings (SSSR count). The number of pyridine rings is 1. The van der Waals surface area contributed by atoms with Crippen LogP contribution >= 0.6 is 23.2 Å². The molecule has 1 aliphatic heterocycles. The van der Waals surface area contributed by atoms with E-state index in [9.17, 15) is 0 Å². The topological polar surface area (TPSA) is 64.3 Å². The summed E-state index contributed by atoms with van der Waals surface area (Å²) in [5.74, 6) is 0. The molecular formula is C31H29Cl2N5O. The van der Waals surface area contributed by atoms with Crippen molar-refractivity contribution < 1.29 is 4.74 Å². The number of ether oxygens (including phenoxy) is 1. The molecule has 39 heavy (non-hydrogen) atoms. The first-order chi connectivity index (χ1) is 19.0. The van der Waals surface area contributed by atoms with Gasteiger partial charge < -0.3 is 14.6 Å². The Balaban J connectivity index is 1.58. The van der Waals surface area contributed by atoms with E-state index in [0.717, 1.165) is 76.2 Å². The molecule has 0 unspecified atom stereocenters. The molecule has 2 aliphatic carbocycles. The Morgan fingerprint density at radius 1 is 0.949 bits per heavy atom. The van der Waals surface area contributed by atoms with Crippen LogP contribution in [0.5, 0.6) is 0 Å². The Labute approximate surface area is 237 Å². The van der Waals surface area contributed by atoms with Crippen LogP contribution in [-0.2, 0) is 4.74 Å². The summed E-state index contributed by atoms with van der Waals surface area (Å²) in [6, 6.07) is 22.3. The quantitative estimate of drug-likeness (QED) is 0.224. The summed E-state index contributed by atoms with van der Waals surface area (Å²) >= 11 is 12.7. The number of nitrogens with zero attached hydrogens (tertiary/aromatic N) is 4. The molecule has 6 nitrogen and oxygen atoms in total. The van der Waals surface area contributed by atoms with E-state index in [1.807, 2.05) is 61.7 Å². The van der Waals surface area contributed by atoms with Gasteiger partial charge in [-0.05, 0) is 87.2 Å². The largest absolute Gasteiger partial charge is 0.381 e. The fourth-order valence-electron chi connectivity index (χ4n) is 5.25. The lowest BCUT2D eigenvalue weighted by molar-refractivity contribution is 0.0663. The van der Waals surface area contributed by atoms with Crippen LogP contribution in [0.15, 0.2) is 77.9 Å². The minimum absolute atomic E-state index is 0.220. The highest BCUT2D eigenvalue weighted by Gasteiger charge is 2.22. The molecule has 2 heterocycles. The van der Waals surface area contributed by atoms with Crippen molar-refractivity contribution >= 4 is 45.6 Å². The highest BCUT2D eigenvalue weighted by atomic mass is 35.5. The maximum absolute atomic E-state index is 6.47. The third-order valence-electron chi connectivity index (χ3n) is 7.35. The van der Waals surface area contributed by atoms with Gasteiger partial charge in [0.15, 0.2) is 0 Å². The number of rotatable bonds is 5. The Hall–Kier alpha value is -3.45. The normalized spacial score (nSPS) is 18.1. The molecule has 0 spiro atoms. The lowest BCUT2D eigenvalue weighted by atomic mass is 9.93. The number of aryl methyl sites for hydroxylation is 1. The number of anilines is 2. The van der Waals surface area contributed by atoms with Gasteiger partial charge >= 0.3 is 0 Å². The van der Waals surface area contributed by atoms with E-state index in [1.165, 1.54) is 0 Å². The Morgan fingerprint density at radius 2 is 1.77 bits per heavy atom.